The van der Waals surface area contributed by atoms with Crippen LogP contribution in [0.3, 0.4) is 0 Å². The van der Waals surface area contributed by atoms with Crippen molar-refractivity contribution < 1.29 is 13.2 Å². The molecule has 0 fully saturated rings. The molecule has 0 saturated heterocycles. The van der Waals surface area contributed by atoms with E-state index in [2.05, 4.69) is 14.4 Å². The molecule has 2 rings (SSSR count). The fraction of sp³-hybridized carbons (Fsp3) is 0.444. The molecule has 2 nitrogen and oxygen atoms in total. The zero-order chi connectivity index (χ0) is 11.1. The van der Waals surface area contributed by atoms with E-state index < -0.39 is 11.7 Å². The van der Waals surface area contributed by atoms with Gasteiger partial charge in [-0.05, 0) is 11.6 Å². The second-order valence-electron chi connectivity index (χ2n) is 3.55. The third kappa shape index (κ3) is 2.29. The molecule has 1 aliphatic rings. The highest BCUT2D eigenvalue weighted by atomic mass is 31.0. The minimum atomic E-state index is -4.30. The van der Waals surface area contributed by atoms with Crippen molar-refractivity contribution in [3.05, 3.63) is 29.1 Å². The van der Waals surface area contributed by atoms with E-state index in [9.17, 15) is 13.2 Å². The molecule has 1 aromatic heterocycles. The van der Waals surface area contributed by atoms with Crippen molar-refractivity contribution in [2.75, 3.05) is 6.54 Å². The van der Waals surface area contributed by atoms with Gasteiger partial charge in [0.1, 0.15) is 0 Å². The van der Waals surface area contributed by atoms with Gasteiger partial charge in [-0.15, -0.1) is 0 Å². The Morgan fingerprint density at radius 2 is 2.13 bits per heavy atom. The first-order valence-corrected chi connectivity index (χ1v) is 5.03. The summed E-state index contributed by atoms with van der Waals surface area (Å²) < 4.78 is 39.1. The van der Waals surface area contributed by atoms with Gasteiger partial charge in [-0.2, -0.15) is 13.2 Å². The van der Waals surface area contributed by atoms with Crippen LogP contribution in [0, 0.1) is 0 Å². The van der Waals surface area contributed by atoms with E-state index in [1.165, 1.54) is 6.07 Å². The lowest BCUT2D eigenvalue weighted by atomic mass is 10.1. The van der Waals surface area contributed by atoms with Gasteiger partial charge in [0.25, 0.3) is 0 Å². The monoisotopic (exact) mass is 234 g/mol. The number of fused-ring (bicyclic) bond motifs is 1. The highest BCUT2D eigenvalue weighted by Crippen LogP contribution is 2.31. The summed E-state index contributed by atoms with van der Waals surface area (Å²) in [4.78, 5) is 3.86. The van der Waals surface area contributed by atoms with Crippen LogP contribution in [0.5, 0.6) is 0 Å². The molecule has 6 heteroatoms. The van der Waals surface area contributed by atoms with Crippen LogP contribution in [0.2, 0.25) is 0 Å². The fourth-order valence-electron chi connectivity index (χ4n) is 1.60. The molecule has 0 radical (unpaired) electrons. The molecule has 0 aromatic carbocycles. The van der Waals surface area contributed by atoms with E-state index in [0.717, 1.165) is 18.4 Å². The Bertz CT molecular complexity index is 378. The van der Waals surface area contributed by atoms with Crippen LogP contribution in [0.4, 0.5) is 13.2 Å². The number of hydrogen-bond donors (Lipinski definition) is 0. The van der Waals surface area contributed by atoms with E-state index in [1.807, 2.05) is 4.67 Å². The Balaban J connectivity index is 2.37. The van der Waals surface area contributed by atoms with Crippen LogP contribution in [0.15, 0.2) is 12.3 Å². The van der Waals surface area contributed by atoms with Gasteiger partial charge in [0, 0.05) is 31.4 Å². The molecule has 82 valence electrons. The number of pyridine rings is 1. The predicted molar refractivity (Wildman–Crippen MR) is 53.1 cm³/mol. The minimum absolute atomic E-state index is 0.511. The van der Waals surface area contributed by atoms with Crippen LogP contribution in [-0.2, 0) is 19.1 Å². The van der Waals surface area contributed by atoms with Crippen LogP contribution in [-0.4, -0.2) is 16.2 Å². The summed E-state index contributed by atoms with van der Waals surface area (Å²) >= 11 is 0. The van der Waals surface area contributed by atoms with Gasteiger partial charge < -0.3 is 0 Å². The van der Waals surface area contributed by atoms with Gasteiger partial charge in [0.05, 0.1) is 5.56 Å². The molecular formula is C9H10F3N2P. The summed E-state index contributed by atoms with van der Waals surface area (Å²) in [6.07, 6.45) is -2.68. The number of alkyl halides is 3. The van der Waals surface area contributed by atoms with Crippen molar-refractivity contribution in [3.63, 3.8) is 0 Å². The molecule has 1 aromatic rings. The molecule has 0 saturated carbocycles. The van der Waals surface area contributed by atoms with Crippen LogP contribution < -0.4 is 0 Å². The standard InChI is InChI=1S/C9H10F3N2P/c10-9(11,12)7-3-6-5-14(15)2-1-8(6)13-4-7/h3-4H,1-2,5,15H2. The van der Waals surface area contributed by atoms with Gasteiger partial charge in [0.15, 0.2) is 0 Å². The number of aromatic nitrogens is 1. The topological polar surface area (TPSA) is 16.1 Å². The van der Waals surface area contributed by atoms with Crippen LogP contribution in [0.1, 0.15) is 16.8 Å². The smallest absolute Gasteiger partial charge is 0.283 e. The normalized spacial score (nSPS) is 17.6. The van der Waals surface area contributed by atoms with Crippen LogP contribution in [0.25, 0.3) is 0 Å². The van der Waals surface area contributed by atoms with Gasteiger partial charge in [-0.25, -0.2) is 0 Å². The van der Waals surface area contributed by atoms with E-state index in [0.29, 0.717) is 18.5 Å². The van der Waals surface area contributed by atoms with Gasteiger partial charge in [-0.1, -0.05) is 9.39 Å². The molecule has 0 amide bonds. The average molecular weight is 234 g/mol. The van der Waals surface area contributed by atoms with Gasteiger partial charge in [-0.3, -0.25) is 9.65 Å². The Morgan fingerprint density at radius 3 is 2.80 bits per heavy atom. The number of rotatable bonds is 0. The zero-order valence-corrected chi connectivity index (χ0v) is 9.04. The Hall–Kier alpha value is -0.670. The summed E-state index contributed by atoms with van der Waals surface area (Å²) in [5.74, 6) is 0. The maximum Gasteiger partial charge on any atom is 0.417 e. The zero-order valence-electron chi connectivity index (χ0n) is 7.88. The second-order valence-corrected chi connectivity index (χ2v) is 4.28. The fourth-order valence-corrected chi connectivity index (χ4v) is 1.93. The Kier molecular flexibility index (Phi) is 2.69. The summed E-state index contributed by atoms with van der Waals surface area (Å²) in [6, 6.07) is 1.19. The minimum Gasteiger partial charge on any atom is -0.283 e. The summed E-state index contributed by atoms with van der Waals surface area (Å²) in [6.45, 7) is 1.33. The average Bonchev–Trinajstić information content (AvgIpc) is 2.15. The van der Waals surface area contributed by atoms with E-state index in [4.69, 9.17) is 0 Å². The Morgan fingerprint density at radius 1 is 1.40 bits per heavy atom. The van der Waals surface area contributed by atoms with Crippen molar-refractivity contribution in [3.8, 4) is 0 Å². The third-order valence-electron chi connectivity index (χ3n) is 2.40. The van der Waals surface area contributed by atoms with Crippen molar-refractivity contribution >= 4 is 9.39 Å². The number of hydrogen-bond acceptors (Lipinski definition) is 2. The molecule has 2 heterocycles. The van der Waals surface area contributed by atoms with E-state index in [-0.39, 0.29) is 0 Å². The summed E-state index contributed by atoms with van der Waals surface area (Å²) in [5.41, 5.74) is 0.786. The molecule has 0 spiro atoms. The van der Waals surface area contributed by atoms with E-state index in [1.54, 1.807) is 0 Å². The third-order valence-corrected chi connectivity index (χ3v) is 2.84. The largest absolute Gasteiger partial charge is 0.417 e. The molecule has 15 heavy (non-hydrogen) atoms. The molecule has 1 aliphatic heterocycles. The first kappa shape index (κ1) is 10.8. The first-order chi connectivity index (χ1) is 6.97. The molecule has 0 N–H and O–H groups in total. The highest BCUT2D eigenvalue weighted by Gasteiger charge is 2.32. The first-order valence-electron chi connectivity index (χ1n) is 4.51. The van der Waals surface area contributed by atoms with Crippen molar-refractivity contribution in [2.24, 2.45) is 0 Å². The molecule has 0 bridgehead atoms. The SMILES string of the molecule is FC(F)(F)c1cnc2c(c1)CN(P)CC2. The van der Waals surface area contributed by atoms with Crippen LogP contribution >= 0.6 is 9.39 Å². The number of nitrogens with zero attached hydrogens (tertiary/aromatic N) is 2. The maximum absolute atomic E-state index is 12.4. The lowest BCUT2D eigenvalue weighted by molar-refractivity contribution is -0.137. The molecule has 1 unspecified atom stereocenters. The molecule has 1 atom stereocenters. The Labute approximate surface area is 87.7 Å². The molecular weight excluding hydrogens is 224 g/mol. The highest BCUT2D eigenvalue weighted by molar-refractivity contribution is 7.13. The van der Waals surface area contributed by atoms with Crippen molar-refractivity contribution in [2.45, 2.75) is 19.1 Å². The van der Waals surface area contributed by atoms with Gasteiger partial charge >= 0.3 is 6.18 Å². The second kappa shape index (κ2) is 3.72. The summed E-state index contributed by atoms with van der Waals surface area (Å²) in [5, 5.41) is 0. The lowest BCUT2D eigenvalue weighted by Crippen LogP contribution is -2.23. The lowest BCUT2D eigenvalue weighted by Gasteiger charge is -2.24. The molecule has 0 aliphatic carbocycles. The number of halogens is 3. The van der Waals surface area contributed by atoms with Crippen molar-refractivity contribution in [1.82, 2.24) is 9.65 Å². The maximum atomic E-state index is 12.4. The van der Waals surface area contributed by atoms with Gasteiger partial charge in [0.2, 0.25) is 0 Å². The predicted octanol–water partition coefficient (Wildman–Crippen LogP) is 2.25. The quantitative estimate of drug-likeness (QED) is 0.640. The summed E-state index contributed by atoms with van der Waals surface area (Å²) in [7, 11) is 2.50. The van der Waals surface area contributed by atoms with E-state index >= 15 is 0 Å². The van der Waals surface area contributed by atoms with Crippen molar-refractivity contribution in [1.29, 1.82) is 0 Å².